The maximum absolute atomic E-state index is 11.4. The quantitative estimate of drug-likeness (QED) is 0.700. The summed E-state index contributed by atoms with van der Waals surface area (Å²) in [5.74, 6) is 0. The fraction of sp³-hybridized carbons (Fsp3) is 0.909. The van der Waals surface area contributed by atoms with Crippen LogP contribution in [0.25, 0.3) is 0 Å². The van der Waals surface area contributed by atoms with E-state index in [2.05, 4.69) is 17.9 Å². The third-order valence-electron chi connectivity index (χ3n) is 3.24. The number of rotatable bonds is 6. The number of nitrogens with zero attached hydrogens (tertiary/aromatic N) is 2. The highest BCUT2D eigenvalue weighted by Gasteiger charge is 2.61. The highest BCUT2D eigenvalue weighted by atomic mass is 32.2. The van der Waals surface area contributed by atoms with Crippen molar-refractivity contribution in [3.05, 3.63) is 0 Å². The summed E-state index contributed by atoms with van der Waals surface area (Å²) in [4.78, 5) is 2.16. The summed E-state index contributed by atoms with van der Waals surface area (Å²) < 4.78 is 22.9. The molecular formula is C11H20N2O2S. The monoisotopic (exact) mass is 244 g/mol. The molecule has 5 heteroatoms. The molecule has 2 atom stereocenters. The van der Waals surface area contributed by atoms with Gasteiger partial charge >= 0.3 is 0 Å². The first kappa shape index (κ1) is 13.5. The average Bonchev–Trinajstić information content (AvgIpc) is 2.92. The maximum atomic E-state index is 11.4. The summed E-state index contributed by atoms with van der Waals surface area (Å²) in [5, 5.41) is 8.71. The Morgan fingerprint density at radius 2 is 2.12 bits per heavy atom. The van der Waals surface area contributed by atoms with Gasteiger partial charge in [0.15, 0.2) is 9.84 Å². The molecule has 0 aliphatic heterocycles. The van der Waals surface area contributed by atoms with Crippen molar-refractivity contribution in [3.63, 3.8) is 0 Å². The third kappa shape index (κ3) is 2.74. The smallest absolute Gasteiger partial charge is 0.151 e. The van der Waals surface area contributed by atoms with Crippen LogP contribution in [-0.4, -0.2) is 44.5 Å². The van der Waals surface area contributed by atoms with Crippen LogP contribution in [0.15, 0.2) is 0 Å². The number of nitriles is 1. The molecule has 0 radical (unpaired) electrons. The Morgan fingerprint density at radius 3 is 2.44 bits per heavy atom. The predicted molar refractivity (Wildman–Crippen MR) is 63.7 cm³/mol. The molecule has 16 heavy (non-hydrogen) atoms. The van der Waals surface area contributed by atoms with E-state index in [4.69, 9.17) is 5.26 Å². The molecule has 0 N–H and O–H groups in total. The molecule has 0 aromatic heterocycles. The van der Waals surface area contributed by atoms with Crippen LogP contribution in [0, 0.1) is 16.7 Å². The average molecular weight is 244 g/mol. The minimum absolute atomic E-state index is 0.448. The minimum atomic E-state index is -3.07. The van der Waals surface area contributed by atoms with Crippen molar-refractivity contribution in [2.24, 2.45) is 5.41 Å². The van der Waals surface area contributed by atoms with Gasteiger partial charge in [-0.2, -0.15) is 5.26 Å². The van der Waals surface area contributed by atoms with Gasteiger partial charge in [-0.25, -0.2) is 8.42 Å². The van der Waals surface area contributed by atoms with Crippen LogP contribution in [0.4, 0.5) is 0 Å². The molecule has 4 nitrogen and oxygen atoms in total. The first-order chi connectivity index (χ1) is 7.39. The molecule has 1 rings (SSSR count). The fourth-order valence-corrected chi connectivity index (χ4v) is 3.76. The Bertz CT molecular complexity index is 385. The number of hydrogen-bond acceptors (Lipinski definition) is 4. The van der Waals surface area contributed by atoms with Gasteiger partial charge in [-0.05, 0) is 25.9 Å². The molecule has 0 aromatic rings. The first-order valence-electron chi connectivity index (χ1n) is 5.72. The lowest BCUT2D eigenvalue weighted by Gasteiger charge is -2.22. The summed E-state index contributed by atoms with van der Waals surface area (Å²) in [7, 11) is -3.07. The molecule has 0 saturated heterocycles. The van der Waals surface area contributed by atoms with Crippen molar-refractivity contribution < 1.29 is 8.42 Å². The van der Waals surface area contributed by atoms with E-state index in [0.29, 0.717) is 13.0 Å². The summed E-state index contributed by atoms with van der Waals surface area (Å²) in [6, 6.07) is 2.21. The van der Waals surface area contributed by atoms with Crippen molar-refractivity contribution in [3.8, 4) is 6.07 Å². The molecule has 0 bridgehead atoms. The van der Waals surface area contributed by atoms with Crippen LogP contribution in [0.5, 0.6) is 0 Å². The van der Waals surface area contributed by atoms with Crippen molar-refractivity contribution in [2.45, 2.75) is 31.9 Å². The zero-order valence-electron chi connectivity index (χ0n) is 10.2. The lowest BCUT2D eigenvalue weighted by Crippen LogP contribution is -2.33. The van der Waals surface area contributed by atoms with Crippen LogP contribution in [0.2, 0.25) is 0 Å². The molecule has 1 fully saturated rings. The normalized spacial score (nSPS) is 29.1. The summed E-state index contributed by atoms with van der Waals surface area (Å²) in [5.41, 5.74) is -0.640. The summed E-state index contributed by atoms with van der Waals surface area (Å²) >= 11 is 0. The zero-order valence-corrected chi connectivity index (χ0v) is 11.0. The molecule has 92 valence electrons. The molecule has 0 amide bonds. The van der Waals surface area contributed by atoms with Gasteiger partial charge in [0.25, 0.3) is 0 Å². The Balaban J connectivity index is 2.69. The van der Waals surface area contributed by atoms with Gasteiger partial charge in [-0.3, -0.25) is 0 Å². The Morgan fingerprint density at radius 1 is 1.50 bits per heavy atom. The van der Waals surface area contributed by atoms with E-state index in [9.17, 15) is 8.42 Å². The Kier molecular flexibility index (Phi) is 3.97. The molecular weight excluding hydrogens is 224 g/mol. The zero-order chi connectivity index (χ0) is 12.4. The summed E-state index contributed by atoms with van der Waals surface area (Å²) in [6.45, 7) is 6.51. The first-order valence-corrected chi connectivity index (χ1v) is 7.67. The van der Waals surface area contributed by atoms with Crippen LogP contribution in [0.3, 0.4) is 0 Å². The van der Waals surface area contributed by atoms with Gasteiger partial charge in [-0.15, -0.1) is 0 Å². The van der Waals surface area contributed by atoms with Crippen LogP contribution < -0.4 is 0 Å². The van der Waals surface area contributed by atoms with Gasteiger partial charge in [0.2, 0.25) is 0 Å². The van der Waals surface area contributed by atoms with Gasteiger partial charge in [-0.1, -0.05) is 13.8 Å². The van der Waals surface area contributed by atoms with E-state index in [1.807, 2.05) is 6.92 Å². The SMILES string of the molecule is CCCN(CC)CC1(C#N)CC1S(C)(=O)=O. The van der Waals surface area contributed by atoms with E-state index >= 15 is 0 Å². The molecule has 0 spiro atoms. The molecule has 1 saturated carbocycles. The Hall–Kier alpha value is -0.600. The molecule has 1 aliphatic rings. The Labute approximate surface area is 98.2 Å². The molecule has 0 heterocycles. The number of sulfone groups is 1. The minimum Gasteiger partial charge on any atom is -0.302 e. The van der Waals surface area contributed by atoms with Crippen LogP contribution in [0.1, 0.15) is 26.7 Å². The van der Waals surface area contributed by atoms with Gasteiger partial charge in [0, 0.05) is 12.8 Å². The standard InChI is InChI=1S/C11H20N2O2S/c1-4-6-13(5-2)9-11(8-12)7-10(11)16(3,14)15/h10H,4-7,9H2,1-3H3. The van der Waals surface area contributed by atoms with Gasteiger partial charge in [0.1, 0.15) is 0 Å². The van der Waals surface area contributed by atoms with E-state index in [0.717, 1.165) is 19.5 Å². The lowest BCUT2D eigenvalue weighted by molar-refractivity contribution is 0.255. The number of hydrogen-bond donors (Lipinski definition) is 0. The van der Waals surface area contributed by atoms with Crippen molar-refractivity contribution >= 4 is 9.84 Å². The van der Waals surface area contributed by atoms with Crippen molar-refractivity contribution in [1.82, 2.24) is 4.90 Å². The largest absolute Gasteiger partial charge is 0.302 e. The van der Waals surface area contributed by atoms with Crippen LogP contribution >= 0.6 is 0 Å². The highest BCUT2D eigenvalue weighted by Crippen LogP contribution is 2.50. The van der Waals surface area contributed by atoms with Crippen molar-refractivity contribution in [2.75, 3.05) is 25.9 Å². The maximum Gasteiger partial charge on any atom is 0.151 e. The van der Waals surface area contributed by atoms with E-state index in [1.54, 1.807) is 0 Å². The van der Waals surface area contributed by atoms with Gasteiger partial charge < -0.3 is 4.90 Å². The molecule has 2 unspecified atom stereocenters. The third-order valence-corrected chi connectivity index (χ3v) is 4.89. The second-order valence-electron chi connectivity index (χ2n) is 4.66. The fourth-order valence-electron chi connectivity index (χ4n) is 2.22. The second-order valence-corrected chi connectivity index (χ2v) is 6.89. The van der Waals surface area contributed by atoms with E-state index in [1.165, 1.54) is 6.26 Å². The van der Waals surface area contributed by atoms with E-state index in [-0.39, 0.29) is 0 Å². The lowest BCUT2D eigenvalue weighted by atomic mass is 10.1. The molecule has 0 aromatic carbocycles. The van der Waals surface area contributed by atoms with Crippen LogP contribution in [-0.2, 0) is 9.84 Å². The summed E-state index contributed by atoms with van der Waals surface area (Å²) in [6.07, 6.45) is 2.76. The predicted octanol–water partition coefficient (Wildman–Crippen LogP) is 1.05. The highest BCUT2D eigenvalue weighted by molar-refractivity contribution is 7.91. The van der Waals surface area contributed by atoms with Gasteiger partial charge in [0.05, 0.1) is 16.7 Å². The van der Waals surface area contributed by atoms with E-state index < -0.39 is 20.5 Å². The topological polar surface area (TPSA) is 61.2 Å². The second kappa shape index (κ2) is 4.72. The van der Waals surface area contributed by atoms with Crippen molar-refractivity contribution in [1.29, 1.82) is 5.26 Å². The molecule has 1 aliphatic carbocycles.